The smallest absolute Gasteiger partial charge is 0.311 e. The van der Waals surface area contributed by atoms with Crippen LogP contribution in [0.5, 0.6) is 11.5 Å². The zero-order valence-corrected chi connectivity index (χ0v) is 17.3. The fourth-order valence-corrected chi connectivity index (χ4v) is 3.52. The van der Waals surface area contributed by atoms with Gasteiger partial charge < -0.3 is 19.1 Å². The van der Waals surface area contributed by atoms with Gasteiger partial charge in [-0.25, -0.2) is 0 Å². The first-order valence-corrected chi connectivity index (χ1v) is 9.70. The molecule has 3 rings (SSSR count). The van der Waals surface area contributed by atoms with Crippen LogP contribution in [0.1, 0.15) is 35.3 Å². The highest BCUT2D eigenvalue weighted by atomic mass is 16.5. The molecule has 2 aromatic rings. The van der Waals surface area contributed by atoms with E-state index in [1.165, 1.54) is 20.3 Å². The van der Waals surface area contributed by atoms with Gasteiger partial charge in [0.25, 0.3) is 0 Å². The molecule has 0 spiro atoms. The lowest BCUT2D eigenvalue weighted by atomic mass is 10.1. The van der Waals surface area contributed by atoms with Crippen molar-refractivity contribution < 1.29 is 28.6 Å². The fraction of sp³-hybridized carbons (Fsp3) is 0.348. The predicted octanol–water partition coefficient (Wildman–Crippen LogP) is 3.04. The van der Waals surface area contributed by atoms with Gasteiger partial charge in [-0.2, -0.15) is 0 Å². The predicted molar refractivity (Wildman–Crippen MR) is 110 cm³/mol. The Balaban J connectivity index is 1.58. The standard InChI is InChI=1S/C23H25NO6/c1-15(16-7-5-4-6-8-16)24-13-18(12-22(24)26)23(27)30-14-19(25)17-9-10-20(28-2)21(11-17)29-3/h4-11,15,18H,12-14H2,1-3H3/t15-,18-/m1/s1. The number of ether oxygens (including phenoxy) is 3. The Kier molecular flexibility index (Phi) is 6.72. The van der Waals surface area contributed by atoms with Gasteiger partial charge >= 0.3 is 5.97 Å². The Morgan fingerprint density at radius 3 is 2.43 bits per heavy atom. The summed E-state index contributed by atoms with van der Waals surface area (Å²) in [5, 5.41) is 0. The number of ketones is 1. The van der Waals surface area contributed by atoms with Crippen LogP contribution in [-0.2, 0) is 14.3 Å². The number of carbonyl (C=O) groups is 3. The van der Waals surface area contributed by atoms with Crippen LogP contribution in [0.2, 0.25) is 0 Å². The minimum Gasteiger partial charge on any atom is -0.493 e. The molecule has 7 heteroatoms. The molecule has 2 aromatic carbocycles. The van der Waals surface area contributed by atoms with Crippen molar-refractivity contribution in [2.45, 2.75) is 19.4 Å². The van der Waals surface area contributed by atoms with Crippen molar-refractivity contribution in [3.63, 3.8) is 0 Å². The molecule has 0 saturated carbocycles. The summed E-state index contributed by atoms with van der Waals surface area (Å²) in [4.78, 5) is 39.0. The van der Waals surface area contributed by atoms with E-state index in [4.69, 9.17) is 14.2 Å². The minimum atomic E-state index is -0.582. The molecule has 1 amide bonds. The molecule has 0 bridgehead atoms. The van der Waals surface area contributed by atoms with Gasteiger partial charge in [0.1, 0.15) is 0 Å². The Morgan fingerprint density at radius 1 is 1.07 bits per heavy atom. The topological polar surface area (TPSA) is 82.1 Å². The molecule has 1 heterocycles. The summed E-state index contributed by atoms with van der Waals surface area (Å²) in [5.41, 5.74) is 1.35. The molecule has 7 nitrogen and oxygen atoms in total. The number of nitrogens with zero attached hydrogens (tertiary/aromatic N) is 1. The van der Waals surface area contributed by atoms with Gasteiger partial charge in [-0.3, -0.25) is 14.4 Å². The SMILES string of the molecule is COc1ccc(C(=O)COC(=O)[C@@H]2CC(=O)N([C@H](C)c3ccccc3)C2)cc1OC. The lowest BCUT2D eigenvalue weighted by molar-refractivity contribution is -0.147. The summed E-state index contributed by atoms with van der Waals surface area (Å²) < 4.78 is 15.6. The third-order valence-electron chi connectivity index (χ3n) is 5.29. The van der Waals surface area contributed by atoms with E-state index in [2.05, 4.69) is 0 Å². The zero-order chi connectivity index (χ0) is 21.7. The molecule has 0 radical (unpaired) electrons. The fourth-order valence-electron chi connectivity index (χ4n) is 3.52. The van der Waals surface area contributed by atoms with Gasteiger partial charge in [-0.1, -0.05) is 30.3 Å². The number of likely N-dealkylation sites (tertiary alicyclic amines) is 1. The van der Waals surface area contributed by atoms with Gasteiger partial charge in [0, 0.05) is 18.5 Å². The molecule has 1 fully saturated rings. The monoisotopic (exact) mass is 411 g/mol. The van der Waals surface area contributed by atoms with Gasteiger partial charge in [0.15, 0.2) is 23.9 Å². The van der Waals surface area contributed by atoms with Crippen LogP contribution in [0.25, 0.3) is 0 Å². The lowest BCUT2D eigenvalue weighted by Crippen LogP contribution is -2.30. The molecular formula is C23H25NO6. The summed E-state index contributed by atoms with van der Waals surface area (Å²) >= 11 is 0. The Bertz CT molecular complexity index is 927. The zero-order valence-electron chi connectivity index (χ0n) is 17.3. The van der Waals surface area contributed by atoms with Gasteiger partial charge in [0.2, 0.25) is 5.91 Å². The summed E-state index contributed by atoms with van der Waals surface area (Å²) in [6, 6.07) is 14.2. The quantitative estimate of drug-likeness (QED) is 0.491. The average molecular weight is 411 g/mol. The van der Waals surface area contributed by atoms with E-state index in [1.54, 1.807) is 17.0 Å². The normalized spacial score (nSPS) is 16.8. The number of rotatable bonds is 8. The van der Waals surface area contributed by atoms with E-state index in [0.29, 0.717) is 17.1 Å². The van der Waals surface area contributed by atoms with Crippen LogP contribution in [0, 0.1) is 5.92 Å². The number of hydrogen-bond acceptors (Lipinski definition) is 6. The van der Waals surface area contributed by atoms with Crippen molar-refractivity contribution in [3.8, 4) is 11.5 Å². The molecule has 0 aromatic heterocycles. The maximum atomic E-state index is 12.5. The van der Waals surface area contributed by atoms with Crippen LogP contribution < -0.4 is 9.47 Å². The first-order valence-electron chi connectivity index (χ1n) is 9.70. The van der Waals surface area contributed by atoms with Crippen molar-refractivity contribution >= 4 is 17.7 Å². The number of hydrogen-bond donors (Lipinski definition) is 0. The molecule has 2 atom stereocenters. The Labute approximate surface area is 175 Å². The van der Waals surface area contributed by atoms with Gasteiger partial charge in [-0.15, -0.1) is 0 Å². The van der Waals surface area contributed by atoms with Crippen molar-refractivity contribution in [1.82, 2.24) is 4.90 Å². The van der Waals surface area contributed by atoms with E-state index in [9.17, 15) is 14.4 Å². The highest BCUT2D eigenvalue weighted by molar-refractivity contribution is 5.99. The summed E-state index contributed by atoms with van der Waals surface area (Å²) in [7, 11) is 2.98. The van der Waals surface area contributed by atoms with Crippen LogP contribution >= 0.6 is 0 Å². The maximum Gasteiger partial charge on any atom is 0.311 e. The molecule has 0 N–H and O–H groups in total. The van der Waals surface area contributed by atoms with Crippen LogP contribution in [-0.4, -0.2) is 49.9 Å². The first-order chi connectivity index (χ1) is 14.4. The van der Waals surface area contributed by atoms with Crippen LogP contribution in [0.3, 0.4) is 0 Å². The highest BCUT2D eigenvalue weighted by Crippen LogP contribution is 2.30. The number of Topliss-reactive ketones (excluding diaryl/α,β-unsaturated/α-hetero) is 1. The van der Waals surface area contributed by atoms with Crippen molar-refractivity contribution in [2.24, 2.45) is 5.92 Å². The van der Waals surface area contributed by atoms with Gasteiger partial charge in [0.05, 0.1) is 26.2 Å². The van der Waals surface area contributed by atoms with E-state index in [0.717, 1.165) is 5.56 Å². The summed E-state index contributed by atoms with van der Waals surface area (Å²) in [5.74, 6) is -0.658. The molecular weight excluding hydrogens is 386 g/mol. The van der Waals surface area contributed by atoms with Crippen LogP contribution in [0.15, 0.2) is 48.5 Å². The van der Waals surface area contributed by atoms with Crippen molar-refractivity contribution in [2.75, 3.05) is 27.4 Å². The van der Waals surface area contributed by atoms with E-state index < -0.39 is 18.5 Å². The van der Waals surface area contributed by atoms with E-state index in [-0.39, 0.29) is 30.7 Å². The van der Waals surface area contributed by atoms with E-state index in [1.807, 2.05) is 37.3 Å². The second kappa shape index (κ2) is 9.43. The molecule has 1 aliphatic heterocycles. The largest absolute Gasteiger partial charge is 0.493 e. The molecule has 1 aliphatic rings. The molecule has 1 saturated heterocycles. The second-order valence-electron chi connectivity index (χ2n) is 7.13. The van der Waals surface area contributed by atoms with Crippen molar-refractivity contribution in [3.05, 3.63) is 59.7 Å². The molecule has 0 aliphatic carbocycles. The Hall–Kier alpha value is -3.35. The number of esters is 1. The average Bonchev–Trinajstić information content (AvgIpc) is 3.18. The second-order valence-corrected chi connectivity index (χ2v) is 7.13. The summed E-state index contributed by atoms with van der Waals surface area (Å²) in [6.07, 6.45) is 0.0839. The number of amides is 1. The third-order valence-corrected chi connectivity index (χ3v) is 5.29. The molecule has 158 valence electrons. The van der Waals surface area contributed by atoms with Gasteiger partial charge in [-0.05, 0) is 30.7 Å². The first kappa shape index (κ1) is 21.4. The lowest BCUT2D eigenvalue weighted by Gasteiger charge is -2.25. The Morgan fingerprint density at radius 2 is 1.77 bits per heavy atom. The maximum absolute atomic E-state index is 12.5. The number of methoxy groups -OCH3 is 2. The number of carbonyl (C=O) groups excluding carboxylic acids is 3. The minimum absolute atomic E-state index is 0.0839. The number of benzene rings is 2. The third kappa shape index (κ3) is 4.62. The van der Waals surface area contributed by atoms with Crippen molar-refractivity contribution in [1.29, 1.82) is 0 Å². The molecule has 30 heavy (non-hydrogen) atoms. The van der Waals surface area contributed by atoms with E-state index >= 15 is 0 Å². The molecule has 0 unspecified atom stereocenters. The highest BCUT2D eigenvalue weighted by Gasteiger charge is 2.38. The summed E-state index contributed by atoms with van der Waals surface area (Å²) in [6.45, 7) is 1.81. The van der Waals surface area contributed by atoms with Crippen LogP contribution in [0.4, 0.5) is 0 Å².